The average molecular weight is 383 g/mol. The van der Waals surface area contributed by atoms with E-state index in [0.29, 0.717) is 17.6 Å². The summed E-state index contributed by atoms with van der Waals surface area (Å²) in [6.45, 7) is 2.04. The summed E-state index contributed by atoms with van der Waals surface area (Å²) in [4.78, 5) is 35.3. The van der Waals surface area contributed by atoms with Gasteiger partial charge in [0.2, 0.25) is 5.91 Å². The molecule has 3 amide bonds. The Balaban J connectivity index is 1.75. The zero-order valence-electron chi connectivity index (χ0n) is 15.1. The normalized spacial score (nSPS) is 14.7. The van der Waals surface area contributed by atoms with Crippen molar-refractivity contribution in [3.05, 3.63) is 5.82 Å². The molecule has 1 aromatic heterocycles. The van der Waals surface area contributed by atoms with Gasteiger partial charge in [-0.3, -0.25) is 14.9 Å². The largest absolute Gasteiger partial charge is 0.466 e. The Morgan fingerprint density at radius 3 is 2.65 bits per heavy atom. The third kappa shape index (κ3) is 6.32. The van der Waals surface area contributed by atoms with Gasteiger partial charge in [0, 0.05) is 13.1 Å². The van der Waals surface area contributed by atoms with Crippen LogP contribution in [-0.2, 0) is 27.8 Å². The highest BCUT2D eigenvalue weighted by atomic mass is 32.2. The lowest BCUT2D eigenvalue weighted by molar-refractivity contribution is -0.142. The SMILES string of the molecule is CCOC(=O)Cc1nnc(SCC(=O)NC(=O)NC2CCCCC2)n1C. The molecule has 0 radical (unpaired) electrons. The molecular formula is C16H25N5O4S. The van der Waals surface area contributed by atoms with Gasteiger partial charge in [0.1, 0.15) is 12.2 Å². The highest BCUT2D eigenvalue weighted by Crippen LogP contribution is 2.17. The number of urea groups is 1. The van der Waals surface area contributed by atoms with E-state index in [2.05, 4.69) is 20.8 Å². The molecule has 1 aliphatic carbocycles. The molecule has 9 nitrogen and oxygen atoms in total. The first kappa shape index (κ1) is 20.2. The molecule has 0 aliphatic heterocycles. The van der Waals surface area contributed by atoms with Crippen molar-refractivity contribution in [2.75, 3.05) is 12.4 Å². The maximum atomic E-state index is 11.9. The van der Waals surface area contributed by atoms with Crippen LogP contribution < -0.4 is 10.6 Å². The molecule has 1 aliphatic rings. The van der Waals surface area contributed by atoms with E-state index in [1.165, 1.54) is 6.42 Å². The number of thioether (sulfide) groups is 1. The van der Waals surface area contributed by atoms with Crippen molar-refractivity contribution in [2.24, 2.45) is 7.05 Å². The van der Waals surface area contributed by atoms with E-state index in [-0.39, 0.29) is 24.2 Å². The van der Waals surface area contributed by atoms with Gasteiger partial charge >= 0.3 is 12.0 Å². The van der Waals surface area contributed by atoms with E-state index >= 15 is 0 Å². The Hall–Kier alpha value is -2.10. The van der Waals surface area contributed by atoms with Crippen molar-refractivity contribution in [2.45, 2.75) is 56.6 Å². The third-order valence-corrected chi connectivity index (χ3v) is 5.08. The number of carbonyl (C=O) groups is 3. The van der Waals surface area contributed by atoms with Gasteiger partial charge in [0.25, 0.3) is 0 Å². The lowest BCUT2D eigenvalue weighted by Crippen LogP contribution is -2.45. The smallest absolute Gasteiger partial charge is 0.321 e. The van der Waals surface area contributed by atoms with Gasteiger partial charge in [-0.05, 0) is 19.8 Å². The molecule has 0 unspecified atom stereocenters. The van der Waals surface area contributed by atoms with E-state index in [4.69, 9.17) is 4.74 Å². The number of ether oxygens (including phenoxy) is 1. The fraction of sp³-hybridized carbons (Fsp3) is 0.688. The number of imide groups is 1. The lowest BCUT2D eigenvalue weighted by Gasteiger charge is -2.22. The Morgan fingerprint density at radius 2 is 1.96 bits per heavy atom. The van der Waals surface area contributed by atoms with Crippen LogP contribution in [0, 0.1) is 0 Å². The first-order chi connectivity index (χ1) is 12.5. The van der Waals surface area contributed by atoms with Crippen LogP contribution in [0.3, 0.4) is 0 Å². The summed E-state index contributed by atoms with van der Waals surface area (Å²) >= 11 is 1.15. The van der Waals surface area contributed by atoms with E-state index < -0.39 is 11.9 Å². The second-order valence-corrected chi connectivity index (χ2v) is 7.03. The quantitative estimate of drug-likeness (QED) is 0.536. The number of rotatable bonds is 7. The first-order valence-corrected chi connectivity index (χ1v) is 9.75. The van der Waals surface area contributed by atoms with Gasteiger partial charge in [0.05, 0.1) is 12.4 Å². The fourth-order valence-electron chi connectivity index (χ4n) is 2.73. The van der Waals surface area contributed by atoms with Crippen molar-refractivity contribution in [3.63, 3.8) is 0 Å². The molecule has 0 saturated heterocycles. The molecule has 1 aromatic rings. The third-order valence-electron chi connectivity index (χ3n) is 4.06. The van der Waals surface area contributed by atoms with Crippen molar-refractivity contribution in [1.82, 2.24) is 25.4 Å². The van der Waals surface area contributed by atoms with Gasteiger partial charge in [-0.2, -0.15) is 0 Å². The van der Waals surface area contributed by atoms with Gasteiger partial charge in [0.15, 0.2) is 5.16 Å². The van der Waals surface area contributed by atoms with Crippen molar-refractivity contribution in [3.8, 4) is 0 Å². The maximum absolute atomic E-state index is 11.9. The molecule has 0 atom stereocenters. The maximum Gasteiger partial charge on any atom is 0.321 e. The number of aromatic nitrogens is 3. The first-order valence-electron chi connectivity index (χ1n) is 8.76. The minimum absolute atomic E-state index is 0.0217. The molecule has 10 heteroatoms. The summed E-state index contributed by atoms with van der Waals surface area (Å²) in [7, 11) is 1.71. The molecule has 1 heterocycles. The van der Waals surface area contributed by atoms with Gasteiger partial charge < -0.3 is 14.6 Å². The monoisotopic (exact) mass is 383 g/mol. The second-order valence-electron chi connectivity index (χ2n) is 6.08. The number of carbonyl (C=O) groups excluding carboxylic acids is 3. The van der Waals surface area contributed by atoms with Crippen LogP contribution in [0.2, 0.25) is 0 Å². The highest BCUT2D eigenvalue weighted by molar-refractivity contribution is 7.99. The van der Waals surface area contributed by atoms with Crippen LogP contribution in [0.1, 0.15) is 44.9 Å². The standard InChI is InChI=1S/C16H25N5O4S/c1-3-25-14(23)9-12-19-20-16(21(12)2)26-10-13(22)18-15(24)17-11-7-5-4-6-8-11/h11H,3-10H2,1-2H3,(H2,17,18,22,24). The molecule has 1 fully saturated rings. The second kappa shape index (κ2) is 10.1. The number of nitrogens with one attached hydrogen (secondary N) is 2. The van der Waals surface area contributed by atoms with E-state index in [1.807, 2.05) is 0 Å². The van der Waals surface area contributed by atoms with Crippen LogP contribution in [0.5, 0.6) is 0 Å². The Bertz CT molecular complexity index is 643. The molecule has 1 saturated carbocycles. The van der Waals surface area contributed by atoms with Gasteiger partial charge in [-0.25, -0.2) is 4.79 Å². The predicted molar refractivity (Wildman–Crippen MR) is 95.6 cm³/mol. The molecule has 26 heavy (non-hydrogen) atoms. The van der Waals surface area contributed by atoms with Gasteiger partial charge in [-0.1, -0.05) is 31.0 Å². The Labute approximate surface area is 156 Å². The number of hydrogen-bond donors (Lipinski definition) is 2. The van der Waals surface area contributed by atoms with Crippen LogP contribution >= 0.6 is 11.8 Å². The molecule has 2 N–H and O–H groups in total. The predicted octanol–water partition coefficient (Wildman–Crippen LogP) is 1.17. The minimum Gasteiger partial charge on any atom is -0.466 e. The van der Waals surface area contributed by atoms with E-state index in [0.717, 1.165) is 37.4 Å². The van der Waals surface area contributed by atoms with Crippen LogP contribution in [0.4, 0.5) is 4.79 Å². The number of esters is 1. The zero-order chi connectivity index (χ0) is 18.9. The summed E-state index contributed by atoms with van der Waals surface area (Å²) in [5.41, 5.74) is 0. The molecule has 2 rings (SSSR count). The van der Waals surface area contributed by atoms with Crippen LogP contribution in [0.25, 0.3) is 0 Å². The summed E-state index contributed by atoms with van der Waals surface area (Å²) < 4.78 is 6.51. The molecule has 0 spiro atoms. The summed E-state index contributed by atoms with van der Waals surface area (Å²) in [6, 6.07) is -0.308. The van der Waals surface area contributed by atoms with Crippen LogP contribution in [-0.4, -0.2) is 51.1 Å². The summed E-state index contributed by atoms with van der Waals surface area (Å²) in [5, 5.41) is 13.6. The van der Waals surface area contributed by atoms with E-state index in [1.54, 1.807) is 18.5 Å². The van der Waals surface area contributed by atoms with Crippen molar-refractivity contribution in [1.29, 1.82) is 0 Å². The molecule has 144 valence electrons. The lowest BCUT2D eigenvalue weighted by atomic mass is 9.96. The van der Waals surface area contributed by atoms with Gasteiger partial charge in [-0.15, -0.1) is 10.2 Å². The average Bonchev–Trinajstić information content (AvgIpc) is 2.94. The molecular weight excluding hydrogens is 358 g/mol. The Morgan fingerprint density at radius 1 is 1.23 bits per heavy atom. The zero-order valence-corrected chi connectivity index (χ0v) is 15.9. The van der Waals surface area contributed by atoms with Crippen LogP contribution in [0.15, 0.2) is 5.16 Å². The molecule has 0 aromatic carbocycles. The summed E-state index contributed by atoms with van der Waals surface area (Å²) in [6.07, 6.45) is 5.35. The van der Waals surface area contributed by atoms with Crippen molar-refractivity contribution < 1.29 is 19.1 Å². The minimum atomic E-state index is -0.455. The topological polar surface area (TPSA) is 115 Å². The fourth-order valence-corrected chi connectivity index (χ4v) is 3.46. The summed E-state index contributed by atoms with van der Waals surface area (Å²) in [5.74, 6) is -0.292. The van der Waals surface area contributed by atoms with Crippen molar-refractivity contribution >= 4 is 29.7 Å². The number of nitrogens with zero attached hydrogens (tertiary/aromatic N) is 3. The number of hydrogen-bond acceptors (Lipinski definition) is 7. The number of amides is 3. The Kier molecular flexibility index (Phi) is 7.89. The molecule has 0 bridgehead atoms. The van der Waals surface area contributed by atoms with E-state index in [9.17, 15) is 14.4 Å². The highest BCUT2D eigenvalue weighted by Gasteiger charge is 2.18.